The number of aliphatic hydroxyl groups is 1. The molecule has 0 spiro atoms. The summed E-state index contributed by atoms with van der Waals surface area (Å²) in [5.74, 6) is -1.94. The maximum atomic E-state index is 14.9. The number of carboxylic acids is 1. The molecule has 0 aromatic heterocycles. The van der Waals surface area contributed by atoms with Crippen molar-refractivity contribution in [3.8, 4) is 17.6 Å². The number of hydrogen-bond donors (Lipinski definition) is 4. The molecule has 2 aromatic carbocycles. The van der Waals surface area contributed by atoms with E-state index in [1.165, 1.54) is 19.2 Å². The van der Waals surface area contributed by atoms with Gasteiger partial charge in [-0.25, -0.2) is 4.39 Å². The molecule has 0 aliphatic heterocycles. The van der Waals surface area contributed by atoms with Crippen molar-refractivity contribution in [1.82, 2.24) is 5.32 Å². The summed E-state index contributed by atoms with van der Waals surface area (Å²) in [6.45, 7) is 1.84. The first-order valence-electron chi connectivity index (χ1n) is 14.2. The van der Waals surface area contributed by atoms with E-state index in [1.807, 2.05) is 6.92 Å². The molecule has 218 valence electrons. The molecule has 2 bridgehead atoms. The zero-order valence-electron chi connectivity index (χ0n) is 23.2. The summed E-state index contributed by atoms with van der Waals surface area (Å²) in [6, 6.07) is 9.67. The Bertz CT molecular complexity index is 1350. The van der Waals surface area contributed by atoms with Crippen molar-refractivity contribution in [1.29, 1.82) is 5.26 Å². The van der Waals surface area contributed by atoms with Crippen molar-refractivity contribution in [2.24, 2.45) is 23.7 Å². The Morgan fingerprint density at radius 2 is 1.80 bits per heavy atom. The van der Waals surface area contributed by atoms with E-state index in [-0.39, 0.29) is 47.3 Å². The number of hydrogen-bond acceptors (Lipinski definition) is 7. The average molecular weight is 566 g/mol. The highest BCUT2D eigenvalue weighted by atomic mass is 19.1. The summed E-state index contributed by atoms with van der Waals surface area (Å²) in [6.07, 6.45) is 3.08. The molecule has 3 saturated carbocycles. The normalized spacial score (nSPS) is 27.6. The molecule has 1 unspecified atom stereocenters. The third-order valence-corrected chi connectivity index (χ3v) is 9.09. The van der Waals surface area contributed by atoms with Crippen LogP contribution >= 0.6 is 0 Å². The van der Waals surface area contributed by atoms with Crippen molar-refractivity contribution in [2.45, 2.75) is 70.2 Å². The predicted octanol–water partition coefficient (Wildman–Crippen LogP) is 4.67. The van der Waals surface area contributed by atoms with Gasteiger partial charge in [0.05, 0.1) is 36.7 Å². The van der Waals surface area contributed by atoms with Gasteiger partial charge in [-0.05, 0) is 87.5 Å². The lowest BCUT2D eigenvalue weighted by Gasteiger charge is -2.33. The van der Waals surface area contributed by atoms with E-state index in [4.69, 9.17) is 9.47 Å². The number of anilines is 1. The van der Waals surface area contributed by atoms with Crippen molar-refractivity contribution in [3.63, 3.8) is 0 Å². The molecule has 0 saturated heterocycles. The van der Waals surface area contributed by atoms with Gasteiger partial charge in [0.25, 0.3) is 0 Å². The molecule has 0 heterocycles. The number of nitriles is 1. The number of rotatable bonds is 9. The van der Waals surface area contributed by atoms with Crippen LogP contribution in [-0.4, -0.2) is 41.3 Å². The number of nitrogens with one attached hydrogen (secondary N) is 2. The van der Waals surface area contributed by atoms with Gasteiger partial charge in [0, 0.05) is 23.4 Å². The topological polar surface area (TPSA) is 141 Å². The molecule has 5 rings (SSSR count). The Balaban J connectivity index is 1.31. The van der Waals surface area contributed by atoms with Gasteiger partial charge in [-0.1, -0.05) is 6.07 Å². The molecular formula is C31H36FN3O6. The number of nitrogens with zero attached hydrogens (tertiary/aromatic N) is 1. The van der Waals surface area contributed by atoms with Crippen LogP contribution in [0.1, 0.15) is 67.9 Å². The third kappa shape index (κ3) is 6.02. The number of halogens is 1. The minimum atomic E-state index is -1.25. The van der Waals surface area contributed by atoms with Crippen molar-refractivity contribution < 1.29 is 33.7 Å². The van der Waals surface area contributed by atoms with Crippen LogP contribution in [0.3, 0.4) is 0 Å². The highest BCUT2D eigenvalue weighted by Crippen LogP contribution is 2.49. The van der Waals surface area contributed by atoms with Crippen LogP contribution < -0.4 is 20.1 Å². The van der Waals surface area contributed by atoms with Gasteiger partial charge < -0.3 is 25.0 Å². The fraction of sp³-hybridized carbons (Fsp3) is 0.516. The summed E-state index contributed by atoms with van der Waals surface area (Å²) < 4.78 is 26.3. The smallest absolute Gasteiger partial charge is 0.306 e. The molecule has 4 N–H and O–H groups in total. The van der Waals surface area contributed by atoms with Crippen LogP contribution in [0.2, 0.25) is 0 Å². The van der Waals surface area contributed by atoms with Crippen LogP contribution in [0.5, 0.6) is 11.5 Å². The van der Waals surface area contributed by atoms with Crippen LogP contribution in [0, 0.1) is 47.7 Å². The molecule has 1 amide bonds. The quantitative estimate of drug-likeness (QED) is 0.322. The molecule has 3 aliphatic rings. The molecule has 2 aromatic rings. The largest absolute Gasteiger partial charge is 0.496 e. The van der Waals surface area contributed by atoms with Gasteiger partial charge in [0.15, 0.2) is 11.6 Å². The molecular weight excluding hydrogens is 529 g/mol. The Kier molecular flexibility index (Phi) is 8.47. The van der Waals surface area contributed by atoms with E-state index < -0.39 is 23.9 Å². The number of amides is 1. The van der Waals surface area contributed by atoms with Crippen LogP contribution in [0.15, 0.2) is 30.3 Å². The molecule has 5 atom stereocenters. The molecule has 0 radical (unpaired) electrons. The maximum absolute atomic E-state index is 14.9. The Morgan fingerprint density at radius 3 is 2.49 bits per heavy atom. The SMILES string of the molecule is COc1cc(F)c(OC2CCC(C(=O)O)CC2)cc1C(O)N[C@@H]1[C@H]2CC[C@H](C2)[C@@H]1C(=O)Nc1ccc(C)c(C#N)c1. The first kappa shape index (κ1) is 28.8. The van der Waals surface area contributed by atoms with Gasteiger partial charge in [-0.3, -0.25) is 14.9 Å². The number of aryl methyl sites for hydroxylation is 1. The first-order valence-corrected chi connectivity index (χ1v) is 14.2. The number of carbonyl (C=O) groups is 2. The number of carbonyl (C=O) groups excluding carboxylic acids is 1. The zero-order chi connectivity index (χ0) is 29.3. The van der Waals surface area contributed by atoms with Crippen LogP contribution in [0.25, 0.3) is 0 Å². The van der Waals surface area contributed by atoms with Crippen molar-refractivity contribution in [2.75, 3.05) is 12.4 Å². The third-order valence-electron chi connectivity index (χ3n) is 9.09. The lowest BCUT2D eigenvalue weighted by Crippen LogP contribution is -2.47. The Hall–Kier alpha value is -3.68. The van der Waals surface area contributed by atoms with Gasteiger partial charge in [-0.2, -0.15) is 5.26 Å². The molecule has 3 aliphatic carbocycles. The van der Waals surface area contributed by atoms with Crippen LogP contribution in [-0.2, 0) is 9.59 Å². The van der Waals surface area contributed by atoms with E-state index in [9.17, 15) is 29.5 Å². The number of carboxylic acid groups (broad SMARTS) is 1. The highest BCUT2D eigenvalue weighted by molar-refractivity contribution is 5.94. The maximum Gasteiger partial charge on any atom is 0.306 e. The number of aliphatic carboxylic acids is 1. The van der Waals surface area contributed by atoms with Crippen molar-refractivity contribution in [3.05, 3.63) is 52.8 Å². The fourth-order valence-corrected chi connectivity index (χ4v) is 6.87. The summed E-state index contributed by atoms with van der Waals surface area (Å²) in [7, 11) is 1.39. The molecule has 9 nitrogen and oxygen atoms in total. The summed E-state index contributed by atoms with van der Waals surface area (Å²) in [5, 5.41) is 36.1. The number of aliphatic hydroxyl groups excluding tert-OH is 1. The summed E-state index contributed by atoms with van der Waals surface area (Å²) in [4.78, 5) is 24.7. The second-order valence-electron chi connectivity index (χ2n) is 11.5. The monoisotopic (exact) mass is 565 g/mol. The summed E-state index contributed by atoms with van der Waals surface area (Å²) in [5.41, 5.74) is 2.18. The van der Waals surface area contributed by atoms with Gasteiger partial charge in [-0.15, -0.1) is 0 Å². The fourth-order valence-electron chi connectivity index (χ4n) is 6.87. The van der Waals surface area contributed by atoms with E-state index in [2.05, 4.69) is 16.7 Å². The van der Waals surface area contributed by atoms with E-state index in [1.54, 1.807) is 18.2 Å². The van der Waals surface area contributed by atoms with Gasteiger partial charge in [0.2, 0.25) is 5.91 Å². The minimum Gasteiger partial charge on any atom is -0.496 e. The van der Waals surface area contributed by atoms with Crippen molar-refractivity contribution >= 4 is 17.6 Å². The number of benzene rings is 2. The highest BCUT2D eigenvalue weighted by Gasteiger charge is 2.51. The lowest BCUT2D eigenvalue weighted by atomic mass is 9.83. The second kappa shape index (κ2) is 12.0. The van der Waals surface area contributed by atoms with Crippen LogP contribution in [0.4, 0.5) is 10.1 Å². The number of fused-ring (bicyclic) bond motifs is 2. The Labute approximate surface area is 238 Å². The number of methoxy groups -OCH3 is 1. The average Bonchev–Trinajstić information content (AvgIpc) is 3.57. The van der Waals surface area contributed by atoms with Gasteiger partial charge in [0.1, 0.15) is 12.0 Å². The van der Waals surface area contributed by atoms with E-state index >= 15 is 0 Å². The van der Waals surface area contributed by atoms with E-state index in [0.717, 1.165) is 24.8 Å². The molecule has 10 heteroatoms. The Morgan fingerprint density at radius 1 is 1.07 bits per heavy atom. The predicted molar refractivity (Wildman–Crippen MR) is 148 cm³/mol. The van der Waals surface area contributed by atoms with Gasteiger partial charge >= 0.3 is 5.97 Å². The second-order valence-corrected chi connectivity index (χ2v) is 11.5. The number of ether oxygens (including phenoxy) is 2. The lowest BCUT2D eigenvalue weighted by molar-refractivity contribution is -0.143. The first-order chi connectivity index (χ1) is 19.7. The summed E-state index contributed by atoms with van der Waals surface area (Å²) >= 11 is 0. The van der Waals surface area contributed by atoms with E-state index in [0.29, 0.717) is 42.5 Å². The molecule has 41 heavy (non-hydrogen) atoms. The molecule has 3 fully saturated rings. The zero-order valence-corrected chi connectivity index (χ0v) is 23.2. The standard InChI is InChI=1S/C31H36FN3O6/c1-16-3-8-21(12-20(16)15-33)34-30(37)27-18-4-5-19(11-18)28(27)35-29(36)23-13-26(24(32)14-25(23)40-2)41-22-9-6-17(7-10-22)31(38)39/h3,8,12-14,17-19,22,27-29,35-36H,4-7,9-11H2,1-2H3,(H,34,37)(H,38,39)/t17?,18-,19+,22?,27+,28-,29?/m1/s1. The minimum absolute atomic E-state index is 0.0321.